The van der Waals surface area contributed by atoms with E-state index in [1.807, 2.05) is 30.3 Å². The zero-order valence-electron chi connectivity index (χ0n) is 9.71. The molecule has 3 rings (SSSR count). The molecule has 3 unspecified atom stereocenters. The van der Waals surface area contributed by atoms with Gasteiger partial charge in [-0.05, 0) is 43.1 Å². The maximum atomic E-state index is 11.0. The van der Waals surface area contributed by atoms with E-state index in [0.717, 1.165) is 31.2 Å². The predicted octanol–water partition coefficient (Wildman–Crippen LogP) is 2.52. The van der Waals surface area contributed by atoms with Gasteiger partial charge in [0.25, 0.3) is 0 Å². The summed E-state index contributed by atoms with van der Waals surface area (Å²) in [6.07, 6.45) is 3.93. The molecule has 2 bridgehead atoms. The molecule has 0 amide bonds. The van der Waals surface area contributed by atoms with Crippen LogP contribution in [0.1, 0.15) is 31.2 Å². The van der Waals surface area contributed by atoms with Crippen LogP contribution < -0.4 is 0 Å². The van der Waals surface area contributed by atoms with Gasteiger partial charge in [0.2, 0.25) is 0 Å². The predicted molar refractivity (Wildman–Crippen MR) is 65.0 cm³/mol. The molecule has 2 aliphatic carbocycles. The van der Waals surface area contributed by atoms with E-state index in [2.05, 4.69) is 5.16 Å². The molecule has 3 nitrogen and oxygen atoms in total. The van der Waals surface area contributed by atoms with Crippen LogP contribution in [0.2, 0.25) is 0 Å². The maximum absolute atomic E-state index is 11.0. The highest BCUT2D eigenvalue weighted by Gasteiger charge is 2.51. The van der Waals surface area contributed by atoms with Crippen LogP contribution in [0.15, 0.2) is 35.5 Å². The number of nitrogens with zero attached hydrogens (tertiary/aromatic N) is 1. The van der Waals surface area contributed by atoms with Gasteiger partial charge in [0, 0.05) is 0 Å². The van der Waals surface area contributed by atoms with Crippen molar-refractivity contribution in [3.8, 4) is 0 Å². The number of rotatable bonds is 1. The summed E-state index contributed by atoms with van der Waals surface area (Å²) in [6.45, 7) is 0. The second-order valence-electron chi connectivity index (χ2n) is 5.26. The van der Waals surface area contributed by atoms with Gasteiger partial charge in [-0.15, -0.1) is 0 Å². The molecule has 3 heteroatoms. The van der Waals surface area contributed by atoms with Gasteiger partial charge in [-0.1, -0.05) is 35.5 Å². The fourth-order valence-electron chi connectivity index (χ4n) is 3.52. The summed E-state index contributed by atoms with van der Waals surface area (Å²) < 4.78 is 0. The quantitative estimate of drug-likeness (QED) is 0.576. The van der Waals surface area contributed by atoms with E-state index < -0.39 is 5.60 Å². The monoisotopic (exact) mass is 231 g/mol. The molecule has 0 heterocycles. The Balaban J connectivity index is 2.09. The Morgan fingerprint density at radius 2 is 1.94 bits per heavy atom. The van der Waals surface area contributed by atoms with Gasteiger partial charge in [-0.25, -0.2) is 0 Å². The Morgan fingerprint density at radius 3 is 2.65 bits per heavy atom. The first-order valence-electron chi connectivity index (χ1n) is 6.24. The lowest BCUT2D eigenvalue weighted by Crippen LogP contribution is -2.45. The van der Waals surface area contributed by atoms with Crippen molar-refractivity contribution in [3.63, 3.8) is 0 Å². The minimum absolute atomic E-state index is 0.203. The smallest absolute Gasteiger partial charge is 0.134 e. The second-order valence-corrected chi connectivity index (χ2v) is 5.26. The zero-order valence-corrected chi connectivity index (χ0v) is 9.71. The Hall–Kier alpha value is -1.35. The summed E-state index contributed by atoms with van der Waals surface area (Å²) in [5.74, 6) is 0.796. The number of aliphatic hydroxyl groups is 1. The van der Waals surface area contributed by atoms with Crippen molar-refractivity contribution in [1.29, 1.82) is 0 Å². The van der Waals surface area contributed by atoms with Crippen LogP contribution in [0.4, 0.5) is 0 Å². The van der Waals surface area contributed by atoms with Gasteiger partial charge >= 0.3 is 0 Å². The fourth-order valence-corrected chi connectivity index (χ4v) is 3.52. The van der Waals surface area contributed by atoms with Gasteiger partial charge in [0.05, 0.1) is 5.71 Å². The SMILES string of the molecule is ON=C1CC2CCC(C2)C1(O)c1ccccc1. The minimum atomic E-state index is -1.05. The van der Waals surface area contributed by atoms with E-state index in [4.69, 9.17) is 0 Å². The number of benzene rings is 1. The average Bonchev–Trinajstić information content (AvgIpc) is 2.80. The van der Waals surface area contributed by atoms with Crippen LogP contribution in [0.5, 0.6) is 0 Å². The zero-order chi connectivity index (χ0) is 11.9. The van der Waals surface area contributed by atoms with Gasteiger partial charge in [0.15, 0.2) is 0 Å². The molecule has 0 aromatic heterocycles. The fraction of sp³-hybridized carbons (Fsp3) is 0.500. The van der Waals surface area contributed by atoms with Crippen molar-refractivity contribution in [2.24, 2.45) is 17.0 Å². The van der Waals surface area contributed by atoms with Gasteiger partial charge in [0.1, 0.15) is 5.60 Å². The number of oxime groups is 1. The van der Waals surface area contributed by atoms with Crippen LogP contribution in [0.25, 0.3) is 0 Å². The van der Waals surface area contributed by atoms with Gasteiger partial charge in [-0.3, -0.25) is 0 Å². The highest BCUT2D eigenvalue weighted by atomic mass is 16.4. The second kappa shape index (κ2) is 3.84. The van der Waals surface area contributed by atoms with Gasteiger partial charge < -0.3 is 10.3 Å². The molecule has 2 aliphatic rings. The lowest BCUT2D eigenvalue weighted by atomic mass is 9.71. The highest BCUT2D eigenvalue weighted by molar-refractivity contribution is 5.94. The van der Waals surface area contributed by atoms with E-state index in [9.17, 15) is 10.3 Å². The van der Waals surface area contributed by atoms with E-state index in [-0.39, 0.29) is 5.92 Å². The molecule has 2 N–H and O–H groups in total. The molecule has 2 fully saturated rings. The molecular weight excluding hydrogens is 214 g/mol. The summed E-state index contributed by atoms with van der Waals surface area (Å²) in [4.78, 5) is 0. The number of hydrogen-bond acceptors (Lipinski definition) is 3. The highest BCUT2D eigenvalue weighted by Crippen LogP contribution is 2.50. The third kappa shape index (κ3) is 1.49. The normalized spacial score (nSPS) is 38.5. The van der Waals surface area contributed by atoms with E-state index in [1.54, 1.807) is 0 Å². The molecule has 0 aliphatic heterocycles. The first-order chi connectivity index (χ1) is 8.25. The van der Waals surface area contributed by atoms with Crippen molar-refractivity contribution >= 4 is 5.71 Å². The molecule has 17 heavy (non-hydrogen) atoms. The Labute approximate surface area is 101 Å². The summed E-state index contributed by atoms with van der Waals surface area (Å²) in [6, 6.07) is 9.61. The Bertz CT molecular complexity index is 443. The van der Waals surface area contributed by atoms with Crippen LogP contribution in [0, 0.1) is 11.8 Å². The van der Waals surface area contributed by atoms with E-state index in [1.165, 1.54) is 0 Å². The van der Waals surface area contributed by atoms with Gasteiger partial charge in [-0.2, -0.15) is 0 Å². The Morgan fingerprint density at radius 1 is 1.18 bits per heavy atom. The molecule has 1 aromatic carbocycles. The lowest BCUT2D eigenvalue weighted by Gasteiger charge is -2.38. The van der Waals surface area contributed by atoms with E-state index >= 15 is 0 Å². The number of fused-ring (bicyclic) bond motifs is 2. The summed E-state index contributed by atoms with van der Waals surface area (Å²) in [5.41, 5.74) is 0.351. The van der Waals surface area contributed by atoms with Crippen molar-refractivity contribution < 1.29 is 10.3 Å². The molecule has 0 saturated heterocycles. The topological polar surface area (TPSA) is 52.8 Å². The van der Waals surface area contributed by atoms with Crippen molar-refractivity contribution in [3.05, 3.63) is 35.9 Å². The first kappa shape index (κ1) is 10.8. The molecule has 3 atom stereocenters. The molecular formula is C14H17NO2. The average molecular weight is 231 g/mol. The molecule has 0 spiro atoms. The first-order valence-corrected chi connectivity index (χ1v) is 6.24. The Kier molecular flexibility index (Phi) is 2.44. The van der Waals surface area contributed by atoms with Crippen molar-refractivity contribution in [1.82, 2.24) is 0 Å². The van der Waals surface area contributed by atoms with Crippen LogP contribution >= 0.6 is 0 Å². The standard InChI is InChI=1S/C14H17NO2/c16-14(11-4-2-1-3-5-11)12-7-6-10(8-12)9-13(14)15-17/h1-5,10,12,16-17H,6-9H2. The minimum Gasteiger partial charge on any atom is -0.411 e. The summed E-state index contributed by atoms with van der Waals surface area (Å²) in [5, 5.41) is 23.6. The van der Waals surface area contributed by atoms with Crippen molar-refractivity contribution in [2.45, 2.75) is 31.3 Å². The number of hydrogen-bond donors (Lipinski definition) is 2. The third-order valence-electron chi connectivity index (χ3n) is 4.39. The largest absolute Gasteiger partial charge is 0.411 e. The molecule has 0 radical (unpaired) electrons. The molecule has 2 saturated carbocycles. The van der Waals surface area contributed by atoms with Crippen molar-refractivity contribution in [2.75, 3.05) is 0 Å². The lowest BCUT2D eigenvalue weighted by molar-refractivity contribution is 0.0318. The molecule has 1 aromatic rings. The maximum Gasteiger partial charge on any atom is 0.134 e. The summed E-state index contributed by atoms with van der Waals surface area (Å²) in [7, 11) is 0. The molecule has 90 valence electrons. The van der Waals surface area contributed by atoms with Crippen LogP contribution in [-0.2, 0) is 5.60 Å². The summed E-state index contributed by atoms with van der Waals surface area (Å²) >= 11 is 0. The van der Waals surface area contributed by atoms with Crippen LogP contribution in [0.3, 0.4) is 0 Å². The van der Waals surface area contributed by atoms with Crippen LogP contribution in [-0.4, -0.2) is 16.0 Å². The van der Waals surface area contributed by atoms with E-state index in [0.29, 0.717) is 11.6 Å². The third-order valence-corrected chi connectivity index (χ3v) is 4.39.